The van der Waals surface area contributed by atoms with Crippen LogP contribution in [0.4, 0.5) is 0 Å². The summed E-state index contributed by atoms with van der Waals surface area (Å²) >= 11 is 1.76. The van der Waals surface area contributed by atoms with E-state index in [1.807, 2.05) is 6.20 Å². The normalized spacial score (nSPS) is 12.6. The molecule has 0 saturated heterocycles. The van der Waals surface area contributed by atoms with Gasteiger partial charge in [0.2, 0.25) is 0 Å². The van der Waals surface area contributed by atoms with Crippen LogP contribution in [0.15, 0.2) is 41.9 Å². The van der Waals surface area contributed by atoms with Crippen LogP contribution in [0, 0.1) is 0 Å². The van der Waals surface area contributed by atoms with Crippen molar-refractivity contribution in [2.24, 2.45) is 0 Å². The van der Waals surface area contributed by atoms with Crippen LogP contribution in [0.3, 0.4) is 0 Å². The first-order valence-electron chi connectivity index (χ1n) is 5.33. The van der Waals surface area contributed by atoms with E-state index in [9.17, 15) is 0 Å². The van der Waals surface area contributed by atoms with Crippen LogP contribution in [-0.2, 0) is 6.42 Å². The summed E-state index contributed by atoms with van der Waals surface area (Å²) in [6.45, 7) is 2.23. The summed E-state index contributed by atoms with van der Waals surface area (Å²) in [5, 5.41) is 3.32. The summed E-state index contributed by atoms with van der Waals surface area (Å²) in [6, 6.07) is 10.6. The second kappa shape index (κ2) is 5.08. The molecule has 0 aliphatic heterocycles. The third kappa shape index (κ3) is 2.66. The molecular weight excluding hydrogens is 202 g/mol. The Morgan fingerprint density at radius 2 is 2.07 bits per heavy atom. The van der Waals surface area contributed by atoms with Gasteiger partial charge in [0.05, 0.1) is 5.01 Å². The monoisotopic (exact) mass is 217 g/mol. The van der Waals surface area contributed by atoms with Gasteiger partial charge >= 0.3 is 0 Å². The molecule has 0 aliphatic carbocycles. The van der Waals surface area contributed by atoms with Gasteiger partial charge in [0.1, 0.15) is 0 Å². The highest BCUT2D eigenvalue weighted by atomic mass is 32.1. The molecule has 0 amide bonds. The minimum atomic E-state index is 0.576. The van der Waals surface area contributed by atoms with Gasteiger partial charge in [0.15, 0.2) is 0 Å². The van der Waals surface area contributed by atoms with E-state index in [-0.39, 0.29) is 0 Å². The number of hydrogen-bond donors (Lipinski definition) is 0. The van der Waals surface area contributed by atoms with Crippen LogP contribution < -0.4 is 0 Å². The molecule has 1 atom stereocenters. The highest BCUT2D eigenvalue weighted by molar-refractivity contribution is 7.09. The maximum atomic E-state index is 4.40. The third-order valence-electron chi connectivity index (χ3n) is 2.62. The van der Waals surface area contributed by atoms with Gasteiger partial charge in [-0.3, -0.25) is 0 Å². The molecule has 2 aromatic rings. The Morgan fingerprint density at radius 3 is 2.67 bits per heavy atom. The van der Waals surface area contributed by atoms with Gasteiger partial charge < -0.3 is 0 Å². The largest absolute Gasteiger partial charge is 0.249 e. The molecular formula is C13H15NS. The summed E-state index contributed by atoms with van der Waals surface area (Å²) < 4.78 is 0. The van der Waals surface area contributed by atoms with Crippen LogP contribution in [0.25, 0.3) is 0 Å². The number of benzene rings is 1. The van der Waals surface area contributed by atoms with Gasteiger partial charge in [-0.2, -0.15) is 0 Å². The van der Waals surface area contributed by atoms with E-state index < -0.39 is 0 Å². The summed E-state index contributed by atoms with van der Waals surface area (Å²) in [4.78, 5) is 4.40. The number of aromatic nitrogens is 1. The van der Waals surface area contributed by atoms with Crippen molar-refractivity contribution in [2.45, 2.75) is 25.7 Å². The molecule has 2 heteroatoms. The molecule has 1 nitrogen and oxygen atoms in total. The Balaban J connectivity index is 2.10. The van der Waals surface area contributed by atoms with Crippen LogP contribution >= 0.6 is 11.3 Å². The summed E-state index contributed by atoms with van der Waals surface area (Å²) in [5.41, 5.74) is 1.40. The van der Waals surface area contributed by atoms with Crippen molar-refractivity contribution in [1.82, 2.24) is 4.98 Å². The molecule has 1 aromatic carbocycles. The van der Waals surface area contributed by atoms with Gasteiger partial charge in [-0.15, -0.1) is 11.3 Å². The van der Waals surface area contributed by atoms with Crippen molar-refractivity contribution in [3.05, 3.63) is 52.5 Å². The van der Waals surface area contributed by atoms with E-state index >= 15 is 0 Å². The van der Waals surface area contributed by atoms with Gasteiger partial charge in [-0.05, 0) is 18.4 Å². The lowest BCUT2D eigenvalue weighted by Gasteiger charge is -2.11. The summed E-state index contributed by atoms with van der Waals surface area (Å²) in [6.07, 6.45) is 4.15. The first-order valence-corrected chi connectivity index (χ1v) is 6.21. The second-order valence-electron chi connectivity index (χ2n) is 3.67. The zero-order valence-electron chi connectivity index (χ0n) is 8.89. The first kappa shape index (κ1) is 10.4. The zero-order valence-corrected chi connectivity index (χ0v) is 9.70. The van der Waals surface area contributed by atoms with Crippen LogP contribution in [0.2, 0.25) is 0 Å². The summed E-state index contributed by atoms with van der Waals surface area (Å²) in [7, 11) is 0. The van der Waals surface area contributed by atoms with Crippen molar-refractivity contribution < 1.29 is 0 Å². The van der Waals surface area contributed by atoms with Crippen LogP contribution in [0.5, 0.6) is 0 Å². The summed E-state index contributed by atoms with van der Waals surface area (Å²) in [5.74, 6) is 0.576. The van der Waals surface area contributed by atoms with Gasteiger partial charge in [0.25, 0.3) is 0 Å². The lowest BCUT2D eigenvalue weighted by Crippen LogP contribution is -2.00. The molecule has 2 rings (SSSR count). The van der Waals surface area contributed by atoms with Crippen molar-refractivity contribution >= 4 is 11.3 Å². The predicted molar refractivity (Wildman–Crippen MR) is 65.3 cm³/mol. The van der Waals surface area contributed by atoms with Gasteiger partial charge in [-0.1, -0.05) is 37.3 Å². The van der Waals surface area contributed by atoms with E-state index in [4.69, 9.17) is 0 Å². The van der Waals surface area contributed by atoms with Crippen LogP contribution in [-0.4, -0.2) is 4.98 Å². The first-order chi connectivity index (χ1) is 7.40. The maximum Gasteiger partial charge on any atom is 0.0959 e. The van der Waals surface area contributed by atoms with E-state index in [0.717, 1.165) is 12.8 Å². The Morgan fingerprint density at radius 1 is 1.27 bits per heavy atom. The number of rotatable bonds is 4. The maximum absolute atomic E-state index is 4.40. The highest BCUT2D eigenvalue weighted by Crippen LogP contribution is 2.25. The topological polar surface area (TPSA) is 12.9 Å². The van der Waals surface area contributed by atoms with Crippen molar-refractivity contribution in [3.63, 3.8) is 0 Å². The number of thiazole rings is 1. The molecule has 0 fully saturated rings. The van der Waals surface area contributed by atoms with Crippen molar-refractivity contribution in [2.75, 3.05) is 0 Å². The van der Waals surface area contributed by atoms with E-state index in [0.29, 0.717) is 5.92 Å². The average Bonchev–Trinajstić information content (AvgIpc) is 2.81. The molecule has 0 N–H and O–H groups in total. The number of hydrogen-bond acceptors (Lipinski definition) is 2. The Kier molecular flexibility index (Phi) is 3.51. The van der Waals surface area contributed by atoms with E-state index in [1.54, 1.807) is 11.3 Å². The predicted octanol–water partition coefficient (Wildman–Crippen LogP) is 3.88. The fourth-order valence-electron chi connectivity index (χ4n) is 1.74. The van der Waals surface area contributed by atoms with Crippen molar-refractivity contribution in [3.8, 4) is 0 Å². The molecule has 0 radical (unpaired) electrons. The van der Waals surface area contributed by atoms with Crippen molar-refractivity contribution in [1.29, 1.82) is 0 Å². The quantitative estimate of drug-likeness (QED) is 0.757. The molecule has 78 valence electrons. The van der Waals surface area contributed by atoms with Gasteiger partial charge in [0, 0.05) is 17.5 Å². The lowest BCUT2D eigenvalue weighted by molar-refractivity contribution is 0.655. The SMILES string of the molecule is CC[C@@H](Cc1ccccc1)c1nccs1. The second-order valence-corrected chi connectivity index (χ2v) is 4.59. The fraction of sp³-hybridized carbons (Fsp3) is 0.308. The van der Waals surface area contributed by atoms with Gasteiger partial charge in [-0.25, -0.2) is 4.98 Å². The molecule has 0 spiro atoms. The molecule has 0 saturated carbocycles. The highest BCUT2D eigenvalue weighted by Gasteiger charge is 2.12. The molecule has 1 heterocycles. The molecule has 0 bridgehead atoms. The third-order valence-corrected chi connectivity index (χ3v) is 3.56. The lowest BCUT2D eigenvalue weighted by atomic mass is 9.98. The van der Waals surface area contributed by atoms with E-state index in [2.05, 4.69) is 47.6 Å². The Labute approximate surface area is 94.8 Å². The minimum Gasteiger partial charge on any atom is -0.249 e. The number of nitrogens with zero attached hydrogens (tertiary/aromatic N) is 1. The van der Waals surface area contributed by atoms with E-state index in [1.165, 1.54) is 10.6 Å². The molecule has 1 aromatic heterocycles. The molecule has 0 unspecified atom stereocenters. The average molecular weight is 217 g/mol. The Bertz CT molecular complexity index is 380. The minimum absolute atomic E-state index is 0.576. The smallest absolute Gasteiger partial charge is 0.0959 e. The Hall–Kier alpha value is -1.15. The molecule has 0 aliphatic rings. The van der Waals surface area contributed by atoms with Crippen LogP contribution in [0.1, 0.15) is 29.8 Å². The fourth-order valence-corrected chi connectivity index (χ4v) is 2.57. The zero-order chi connectivity index (χ0) is 10.5. The standard InChI is InChI=1S/C13H15NS/c1-2-12(13-14-8-9-15-13)10-11-6-4-3-5-7-11/h3-9,12H,2,10H2,1H3/t12-/m0/s1. The molecule has 15 heavy (non-hydrogen) atoms.